The summed E-state index contributed by atoms with van der Waals surface area (Å²) in [4.78, 5) is 35.5. The fraction of sp³-hybridized carbons (Fsp3) is 0. The van der Waals surface area contributed by atoms with Gasteiger partial charge < -0.3 is 10.8 Å². The lowest BCUT2D eigenvalue weighted by Crippen LogP contribution is -2.25. The normalized spacial score (nSPS) is 13.2. The Labute approximate surface area is 130 Å². The van der Waals surface area contributed by atoms with Gasteiger partial charge in [0.2, 0.25) is 0 Å². The molecule has 2 amide bonds. The zero-order valence-electron chi connectivity index (χ0n) is 10.7. The fourth-order valence-electron chi connectivity index (χ4n) is 2.25. The summed E-state index contributed by atoms with van der Waals surface area (Å²) in [5, 5.41) is 12.0. The second-order valence-electron chi connectivity index (χ2n) is 4.50. The molecule has 0 fully saturated rings. The molecule has 3 rings (SSSR count). The Bertz CT molecular complexity index is 922. The molecule has 0 aliphatic carbocycles. The van der Waals surface area contributed by atoms with E-state index in [0.717, 1.165) is 12.1 Å². The van der Waals surface area contributed by atoms with Gasteiger partial charge in [-0.15, -0.1) is 0 Å². The van der Waals surface area contributed by atoms with Crippen LogP contribution in [-0.2, 0) is 0 Å². The summed E-state index contributed by atoms with van der Waals surface area (Å²) in [5.74, 6) is -3.45. The molecule has 1 aliphatic rings. The van der Waals surface area contributed by atoms with Crippen LogP contribution in [0.1, 0.15) is 20.7 Å². The third-order valence-corrected chi connectivity index (χ3v) is 3.87. The molecule has 1 aromatic heterocycles. The minimum atomic E-state index is -0.917. The number of nitrogens with one attached hydrogen (secondary N) is 1. The predicted octanol–water partition coefficient (Wildman–Crippen LogP) is 0.910. The third-order valence-electron chi connectivity index (χ3n) is 3.23. The highest BCUT2D eigenvalue weighted by molar-refractivity contribution is 9.10. The predicted molar refractivity (Wildman–Crippen MR) is 77.6 cm³/mol. The van der Waals surface area contributed by atoms with Gasteiger partial charge in [0.1, 0.15) is 11.5 Å². The summed E-state index contributed by atoms with van der Waals surface area (Å²) in [5.41, 5.74) is 3.99. The number of carbonyl (C=O) groups is 2. The number of nitrogens with two attached hydrogens (primary N) is 1. The lowest BCUT2D eigenvalue weighted by atomic mass is 10.1. The molecule has 112 valence electrons. The number of nitrogens with zero attached hydrogens (tertiary/aromatic N) is 1. The minimum absolute atomic E-state index is 0.135. The van der Waals surface area contributed by atoms with Crippen LogP contribution in [0.5, 0.6) is 5.75 Å². The highest BCUT2D eigenvalue weighted by atomic mass is 79.9. The molecule has 0 spiro atoms. The smallest absolute Gasteiger partial charge is 0.262 e. The first-order chi connectivity index (χ1) is 10.3. The fourth-order valence-corrected chi connectivity index (χ4v) is 2.57. The molecule has 9 heteroatoms. The molecular formula is C13H7BrFN3O4. The Morgan fingerprint density at radius 2 is 1.91 bits per heavy atom. The highest BCUT2D eigenvalue weighted by Gasteiger charge is 2.32. The van der Waals surface area contributed by atoms with Crippen LogP contribution in [0.25, 0.3) is 5.69 Å². The zero-order chi connectivity index (χ0) is 16.2. The molecule has 0 saturated heterocycles. The van der Waals surface area contributed by atoms with Crippen LogP contribution in [0.4, 0.5) is 10.2 Å². The van der Waals surface area contributed by atoms with Crippen LogP contribution in [-0.4, -0.2) is 21.5 Å². The number of benzene rings is 1. The van der Waals surface area contributed by atoms with E-state index in [0.29, 0.717) is 4.57 Å². The van der Waals surface area contributed by atoms with E-state index in [1.54, 1.807) is 0 Å². The number of hydrogen-bond donors (Lipinski definition) is 3. The van der Waals surface area contributed by atoms with Crippen LogP contribution >= 0.6 is 15.9 Å². The van der Waals surface area contributed by atoms with Crippen LogP contribution in [0.15, 0.2) is 27.5 Å². The number of phenols is 1. The number of nitrogen functional groups attached to an aromatic ring is 1. The largest absolute Gasteiger partial charge is 0.505 e. The van der Waals surface area contributed by atoms with E-state index in [9.17, 15) is 23.9 Å². The van der Waals surface area contributed by atoms with Crippen LogP contribution in [0, 0.1) is 5.82 Å². The van der Waals surface area contributed by atoms with Crippen molar-refractivity contribution in [3.63, 3.8) is 0 Å². The van der Waals surface area contributed by atoms with E-state index in [-0.39, 0.29) is 15.6 Å². The number of halogens is 2. The molecule has 0 atom stereocenters. The van der Waals surface area contributed by atoms with Crippen molar-refractivity contribution >= 4 is 33.6 Å². The second-order valence-corrected chi connectivity index (χ2v) is 5.36. The molecule has 0 saturated carbocycles. The van der Waals surface area contributed by atoms with Crippen molar-refractivity contribution < 1.29 is 19.1 Å². The van der Waals surface area contributed by atoms with Crippen LogP contribution in [0.2, 0.25) is 0 Å². The van der Waals surface area contributed by atoms with E-state index >= 15 is 0 Å². The number of amides is 2. The number of rotatable bonds is 1. The maximum Gasteiger partial charge on any atom is 0.262 e. The highest BCUT2D eigenvalue weighted by Crippen LogP contribution is 2.34. The first kappa shape index (κ1) is 14.3. The molecule has 1 aliphatic heterocycles. The Hall–Kier alpha value is -2.68. The van der Waals surface area contributed by atoms with Gasteiger partial charge in [-0.2, -0.15) is 0 Å². The summed E-state index contributed by atoms with van der Waals surface area (Å²) >= 11 is 3.00. The number of aromatic nitrogens is 1. The van der Waals surface area contributed by atoms with Crippen LogP contribution in [0.3, 0.4) is 0 Å². The average molecular weight is 368 g/mol. The molecule has 4 N–H and O–H groups in total. The van der Waals surface area contributed by atoms with Gasteiger partial charge in [-0.25, -0.2) is 4.39 Å². The van der Waals surface area contributed by atoms with E-state index in [4.69, 9.17) is 5.73 Å². The number of pyridine rings is 1. The first-order valence-corrected chi connectivity index (χ1v) is 6.70. The first-order valence-electron chi connectivity index (χ1n) is 5.91. The number of anilines is 1. The Balaban J connectivity index is 2.43. The average Bonchev–Trinajstić information content (AvgIpc) is 2.73. The van der Waals surface area contributed by atoms with Gasteiger partial charge in [-0.3, -0.25) is 24.3 Å². The van der Waals surface area contributed by atoms with Crippen molar-refractivity contribution in [2.75, 3.05) is 5.73 Å². The number of fused-ring (bicyclic) bond motifs is 1. The Morgan fingerprint density at radius 1 is 1.23 bits per heavy atom. The van der Waals surface area contributed by atoms with Gasteiger partial charge in [-0.1, -0.05) is 0 Å². The van der Waals surface area contributed by atoms with Gasteiger partial charge >= 0.3 is 0 Å². The lowest BCUT2D eigenvalue weighted by Gasteiger charge is -2.14. The molecule has 0 bridgehead atoms. The molecule has 22 heavy (non-hydrogen) atoms. The molecule has 2 heterocycles. The number of carbonyl (C=O) groups excluding carboxylic acids is 2. The van der Waals surface area contributed by atoms with E-state index in [1.807, 2.05) is 5.32 Å². The number of aromatic hydroxyl groups is 1. The standard InChI is InChI=1S/C13H7BrFN3O4/c14-5-1-2-6(15)9(10(5)20)18-7(19)3-4-8(11(18)16)13(22)17-12(4)21/h1-3,20H,16H2,(H,17,21,22). The van der Waals surface area contributed by atoms with Crippen LogP contribution < -0.4 is 16.6 Å². The van der Waals surface area contributed by atoms with Crippen molar-refractivity contribution in [1.82, 2.24) is 9.88 Å². The topological polar surface area (TPSA) is 114 Å². The quantitative estimate of drug-likeness (QED) is 0.648. The van der Waals surface area contributed by atoms with Crippen molar-refractivity contribution in [2.24, 2.45) is 0 Å². The molecule has 0 unspecified atom stereocenters. The number of phenolic OH excluding ortho intramolecular Hbond substituents is 1. The molecular weight excluding hydrogens is 361 g/mol. The van der Waals surface area contributed by atoms with Crippen molar-refractivity contribution in [1.29, 1.82) is 0 Å². The maximum atomic E-state index is 14.0. The van der Waals surface area contributed by atoms with Gasteiger partial charge in [0.05, 0.1) is 15.6 Å². The van der Waals surface area contributed by atoms with E-state index in [2.05, 4.69) is 15.9 Å². The van der Waals surface area contributed by atoms with Gasteiger partial charge in [0.15, 0.2) is 11.6 Å². The van der Waals surface area contributed by atoms with Crippen molar-refractivity contribution in [2.45, 2.75) is 0 Å². The monoisotopic (exact) mass is 367 g/mol. The molecule has 7 nitrogen and oxygen atoms in total. The number of hydrogen-bond acceptors (Lipinski definition) is 5. The third kappa shape index (κ3) is 1.82. The van der Waals surface area contributed by atoms with Gasteiger partial charge in [-0.05, 0) is 28.1 Å². The number of imide groups is 1. The van der Waals surface area contributed by atoms with Crippen molar-refractivity contribution in [3.05, 3.63) is 50.0 Å². The molecule has 1 aromatic carbocycles. The zero-order valence-corrected chi connectivity index (χ0v) is 12.3. The Kier molecular flexibility index (Phi) is 3.03. The molecule has 0 radical (unpaired) electrons. The summed E-state index contributed by atoms with van der Waals surface area (Å²) in [6, 6.07) is 3.13. The van der Waals surface area contributed by atoms with E-state index < -0.39 is 40.4 Å². The second kappa shape index (κ2) is 4.67. The SMILES string of the molecule is Nc1c2c(cc(=O)n1-c1c(F)ccc(Br)c1O)C(=O)NC2=O. The summed E-state index contributed by atoms with van der Waals surface area (Å²) < 4.78 is 14.8. The minimum Gasteiger partial charge on any atom is -0.505 e. The Morgan fingerprint density at radius 3 is 2.59 bits per heavy atom. The van der Waals surface area contributed by atoms with Gasteiger partial charge in [0.25, 0.3) is 17.4 Å². The van der Waals surface area contributed by atoms with Crippen molar-refractivity contribution in [3.8, 4) is 11.4 Å². The summed E-state index contributed by atoms with van der Waals surface area (Å²) in [6.45, 7) is 0. The lowest BCUT2D eigenvalue weighted by molar-refractivity contribution is 0.0880. The van der Waals surface area contributed by atoms with Gasteiger partial charge in [0, 0.05) is 6.07 Å². The maximum absolute atomic E-state index is 14.0. The summed E-state index contributed by atoms with van der Waals surface area (Å²) in [6.07, 6.45) is 0. The molecule has 2 aromatic rings. The van der Waals surface area contributed by atoms with E-state index in [1.165, 1.54) is 6.07 Å². The summed E-state index contributed by atoms with van der Waals surface area (Å²) in [7, 11) is 0.